The minimum atomic E-state index is -0.415. The maximum absolute atomic E-state index is 12.0. The Morgan fingerprint density at radius 2 is 1.83 bits per heavy atom. The summed E-state index contributed by atoms with van der Waals surface area (Å²) in [5.74, 6) is -0.573. The van der Waals surface area contributed by atoms with Crippen molar-refractivity contribution in [3.8, 4) is 0 Å². The summed E-state index contributed by atoms with van der Waals surface area (Å²) >= 11 is 0. The number of carbonyl (C=O) groups excluding carboxylic acids is 2. The smallest absolute Gasteiger partial charge is 0.337 e. The molecule has 0 fully saturated rings. The minimum absolute atomic E-state index is 0.158. The molecule has 23 heavy (non-hydrogen) atoms. The summed E-state index contributed by atoms with van der Waals surface area (Å²) in [7, 11) is 1.33. The zero-order valence-corrected chi connectivity index (χ0v) is 13.6. The summed E-state index contributed by atoms with van der Waals surface area (Å²) in [6.45, 7) is 5.31. The summed E-state index contributed by atoms with van der Waals surface area (Å²) < 4.78 is 6.56. The van der Waals surface area contributed by atoms with Gasteiger partial charge in [0.2, 0.25) is 0 Å². The number of rotatable bonds is 6. The number of aromatic nitrogens is 2. The van der Waals surface area contributed by atoms with Crippen molar-refractivity contribution in [1.82, 2.24) is 15.1 Å². The van der Waals surface area contributed by atoms with Gasteiger partial charge in [-0.2, -0.15) is 5.10 Å². The average molecular weight is 315 g/mol. The number of esters is 1. The molecule has 0 bridgehead atoms. The molecule has 2 rings (SSSR count). The molecule has 6 nitrogen and oxygen atoms in total. The molecule has 0 unspecified atom stereocenters. The zero-order valence-electron chi connectivity index (χ0n) is 13.6. The molecule has 0 aliphatic rings. The molecule has 1 aromatic heterocycles. The molecule has 1 aromatic carbocycles. The van der Waals surface area contributed by atoms with Crippen LogP contribution in [0.5, 0.6) is 0 Å². The highest BCUT2D eigenvalue weighted by Crippen LogP contribution is 2.06. The summed E-state index contributed by atoms with van der Waals surface area (Å²) in [5.41, 5.74) is 3.06. The molecule has 1 heterocycles. The van der Waals surface area contributed by atoms with Gasteiger partial charge in [0, 0.05) is 24.3 Å². The van der Waals surface area contributed by atoms with Crippen molar-refractivity contribution in [3.63, 3.8) is 0 Å². The van der Waals surface area contributed by atoms with E-state index in [9.17, 15) is 9.59 Å². The quantitative estimate of drug-likeness (QED) is 0.654. The van der Waals surface area contributed by atoms with Gasteiger partial charge >= 0.3 is 5.97 Å². The Morgan fingerprint density at radius 1 is 1.17 bits per heavy atom. The maximum Gasteiger partial charge on any atom is 0.337 e. The van der Waals surface area contributed by atoms with E-state index in [1.165, 1.54) is 7.11 Å². The van der Waals surface area contributed by atoms with Crippen molar-refractivity contribution in [2.24, 2.45) is 0 Å². The first kappa shape index (κ1) is 16.7. The Morgan fingerprint density at radius 3 is 2.39 bits per heavy atom. The van der Waals surface area contributed by atoms with Crippen LogP contribution < -0.4 is 5.32 Å². The van der Waals surface area contributed by atoms with E-state index in [2.05, 4.69) is 15.2 Å². The van der Waals surface area contributed by atoms with Crippen LogP contribution >= 0.6 is 0 Å². The Kier molecular flexibility index (Phi) is 5.51. The second-order valence-corrected chi connectivity index (χ2v) is 5.33. The van der Waals surface area contributed by atoms with Crippen LogP contribution in [0.2, 0.25) is 0 Å². The first-order valence-electron chi connectivity index (χ1n) is 7.49. The Bertz CT molecular complexity index is 690. The molecule has 2 aromatic rings. The molecule has 0 radical (unpaired) electrons. The van der Waals surface area contributed by atoms with Gasteiger partial charge in [-0.05, 0) is 50.6 Å². The summed E-state index contributed by atoms with van der Waals surface area (Å²) in [6, 6.07) is 8.42. The monoisotopic (exact) mass is 315 g/mol. The van der Waals surface area contributed by atoms with Crippen LogP contribution in [0.1, 0.15) is 38.5 Å². The van der Waals surface area contributed by atoms with E-state index >= 15 is 0 Å². The summed E-state index contributed by atoms with van der Waals surface area (Å²) in [5, 5.41) is 7.24. The van der Waals surface area contributed by atoms with E-state index in [1.807, 2.05) is 24.6 Å². The number of ether oxygens (including phenoxy) is 1. The fraction of sp³-hybridized carbons (Fsp3) is 0.353. The lowest BCUT2D eigenvalue weighted by Gasteiger charge is -2.07. The molecular formula is C17H21N3O3. The van der Waals surface area contributed by atoms with E-state index in [-0.39, 0.29) is 5.91 Å². The van der Waals surface area contributed by atoms with E-state index in [0.717, 1.165) is 24.4 Å². The third kappa shape index (κ3) is 4.42. The van der Waals surface area contributed by atoms with Gasteiger partial charge in [0.1, 0.15) is 0 Å². The van der Waals surface area contributed by atoms with Gasteiger partial charge in [-0.1, -0.05) is 0 Å². The summed E-state index contributed by atoms with van der Waals surface area (Å²) in [6.07, 6.45) is 0.800. The van der Waals surface area contributed by atoms with Crippen molar-refractivity contribution in [2.45, 2.75) is 26.8 Å². The van der Waals surface area contributed by atoms with Crippen molar-refractivity contribution < 1.29 is 14.3 Å². The van der Waals surface area contributed by atoms with E-state index in [1.54, 1.807) is 24.3 Å². The average Bonchev–Trinajstić information content (AvgIpc) is 2.88. The number of amides is 1. The lowest BCUT2D eigenvalue weighted by Crippen LogP contribution is -2.25. The van der Waals surface area contributed by atoms with Crippen LogP contribution in [0.4, 0.5) is 0 Å². The van der Waals surface area contributed by atoms with Crippen molar-refractivity contribution >= 4 is 11.9 Å². The fourth-order valence-corrected chi connectivity index (χ4v) is 2.31. The molecular weight excluding hydrogens is 294 g/mol. The Hall–Kier alpha value is -2.63. The standard InChI is InChI=1S/C17H21N3O3/c1-12-11-13(2)20(19-12)10-4-9-18-16(21)14-5-7-15(8-6-14)17(22)23-3/h5-8,11H,4,9-10H2,1-3H3,(H,18,21). The van der Waals surface area contributed by atoms with Gasteiger partial charge in [0.15, 0.2) is 0 Å². The lowest BCUT2D eigenvalue weighted by molar-refractivity contribution is 0.0600. The summed E-state index contributed by atoms with van der Waals surface area (Å²) in [4.78, 5) is 23.4. The van der Waals surface area contributed by atoms with Crippen LogP contribution in [0.3, 0.4) is 0 Å². The highest BCUT2D eigenvalue weighted by Gasteiger charge is 2.08. The molecule has 1 N–H and O–H groups in total. The third-order valence-corrected chi connectivity index (χ3v) is 3.50. The number of methoxy groups -OCH3 is 1. The SMILES string of the molecule is COC(=O)c1ccc(C(=O)NCCCn2nc(C)cc2C)cc1. The number of nitrogens with zero attached hydrogens (tertiary/aromatic N) is 2. The molecule has 1 amide bonds. The normalized spacial score (nSPS) is 10.4. The van der Waals surface area contributed by atoms with Crippen LogP contribution in [0, 0.1) is 13.8 Å². The molecule has 0 spiro atoms. The van der Waals surface area contributed by atoms with Crippen molar-refractivity contribution in [3.05, 3.63) is 52.8 Å². The van der Waals surface area contributed by atoms with E-state index in [4.69, 9.17) is 0 Å². The van der Waals surface area contributed by atoms with E-state index < -0.39 is 5.97 Å². The van der Waals surface area contributed by atoms with Crippen LogP contribution in [0.15, 0.2) is 30.3 Å². The predicted octanol–water partition coefficient (Wildman–Crippen LogP) is 2.11. The first-order valence-corrected chi connectivity index (χ1v) is 7.49. The molecule has 0 aliphatic heterocycles. The maximum atomic E-state index is 12.0. The lowest BCUT2D eigenvalue weighted by atomic mass is 10.1. The molecule has 0 atom stereocenters. The number of hydrogen-bond acceptors (Lipinski definition) is 4. The van der Waals surface area contributed by atoms with Gasteiger partial charge in [-0.3, -0.25) is 9.48 Å². The van der Waals surface area contributed by atoms with Gasteiger partial charge in [0.25, 0.3) is 5.91 Å². The number of carbonyl (C=O) groups is 2. The van der Waals surface area contributed by atoms with Gasteiger partial charge < -0.3 is 10.1 Å². The van der Waals surface area contributed by atoms with Gasteiger partial charge in [-0.25, -0.2) is 4.79 Å². The third-order valence-electron chi connectivity index (χ3n) is 3.50. The van der Waals surface area contributed by atoms with Crippen molar-refractivity contribution in [2.75, 3.05) is 13.7 Å². The van der Waals surface area contributed by atoms with Gasteiger partial charge in [0.05, 0.1) is 18.4 Å². The van der Waals surface area contributed by atoms with E-state index in [0.29, 0.717) is 17.7 Å². The first-order chi connectivity index (χ1) is 11.0. The zero-order chi connectivity index (χ0) is 16.8. The highest BCUT2D eigenvalue weighted by atomic mass is 16.5. The minimum Gasteiger partial charge on any atom is -0.465 e. The number of nitrogens with one attached hydrogen (secondary N) is 1. The fourth-order valence-electron chi connectivity index (χ4n) is 2.31. The molecule has 0 aliphatic carbocycles. The predicted molar refractivity (Wildman–Crippen MR) is 86.4 cm³/mol. The van der Waals surface area contributed by atoms with Crippen LogP contribution in [-0.4, -0.2) is 35.3 Å². The number of benzene rings is 1. The molecule has 0 saturated carbocycles. The molecule has 0 saturated heterocycles. The number of aryl methyl sites for hydroxylation is 3. The van der Waals surface area contributed by atoms with Crippen LogP contribution in [-0.2, 0) is 11.3 Å². The molecule has 122 valence electrons. The topological polar surface area (TPSA) is 73.2 Å². The molecule has 6 heteroatoms. The second-order valence-electron chi connectivity index (χ2n) is 5.33. The number of hydrogen-bond donors (Lipinski definition) is 1. The van der Waals surface area contributed by atoms with Crippen molar-refractivity contribution in [1.29, 1.82) is 0 Å². The van der Waals surface area contributed by atoms with Crippen LogP contribution in [0.25, 0.3) is 0 Å². The highest BCUT2D eigenvalue weighted by molar-refractivity contribution is 5.96. The second kappa shape index (κ2) is 7.58. The van der Waals surface area contributed by atoms with Gasteiger partial charge in [-0.15, -0.1) is 0 Å². The largest absolute Gasteiger partial charge is 0.465 e. The Balaban J connectivity index is 1.80. The Labute approximate surface area is 135 Å².